The molecule has 1 fully saturated rings. The molecule has 0 aliphatic carbocycles. The van der Waals surface area contributed by atoms with Crippen molar-refractivity contribution in [3.63, 3.8) is 0 Å². The number of aromatic nitrogens is 2. The van der Waals surface area contributed by atoms with Gasteiger partial charge in [0.25, 0.3) is 0 Å². The Hall–Kier alpha value is -2.86. The van der Waals surface area contributed by atoms with Gasteiger partial charge in [0.2, 0.25) is 0 Å². The van der Waals surface area contributed by atoms with Gasteiger partial charge in [0.1, 0.15) is 17.1 Å². The maximum Gasteiger partial charge on any atom is 0.339 e. The molecule has 6 nitrogen and oxygen atoms in total. The second-order valence-electron chi connectivity index (χ2n) is 5.97. The fraction of sp³-hybridized carbons (Fsp3) is 0.222. The highest BCUT2D eigenvalue weighted by atomic mass is 16.5. The number of carbonyl (C=O) groups is 1. The highest BCUT2D eigenvalue weighted by molar-refractivity contribution is 5.92. The van der Waals surface area contributed by atoms with Gasteiger partial charge in [0, 0.05) is 5.56 Å². The van der Waals surface area contributed by atoms with E-state index in [0.717, 1.165) is 22.2 Å². The first-order valence-electron chi connectivity index (χ1n) is 7.68. The number of para-hydroxylation sites is 2. The average molecular weight is 324 g/mol. The Kier molecular flexibility index (Phi) is 3.28. The Morgan fingerprint density at radius 2 is 2.04 bits per heavy atom. The van der Waals surface area contributed by atoms with E-state index in [1.165, 1.54) is 12.1 Å². The van der Waals surface area contributed by atoms with Crippen molar-refractivity contribution in [1.29, 1.82) is 0 Å². The van der Waals surface area contributed by atoms with E-state index < -0.39 is 5.97 Å². The normalized spacial score (nSPS) is 14.7. The molecule has 0 unspecified atom stereocenters. The summed E-state index contributed by atoms with van der Waals surface area (Å²) in [5, 5.41) is 19.2. The van der Waals surface area contributed by atoms with E-state index in [1.807, 2.05) is 31.2 Å². The van der Waals surface area contributed by atoms with Gasteiger partial charge in [-0.15, -0.1) is 0 Å². The average Bonchev–Trinajstić information content (AvgIpc) is 2.87. The summed E-state index contributed by atoms with van der Waals surface area (Å²) in [4.78, 5) is 15.9. The Balaban J connectivity index is 1.96. The lowest BCUT2D eigenvalue weighted by Crippen LogP contribution is -2.31. The van der Waals surface area contributed by atoms with Gasteiger partial charge < -0.3 is 19.5 Å². The minimum atomic E-state index is -1.15. The van der Waals surface area contributed by atoms with Crippen molar-refractivity contribution in [3.8, 4) is 17.1 Å². The second-order valence-corrected chi connectivity index (χ2v) is 5.97. The molecule has 2 heterocycles. The smallest absolute Gasteiger partial charge is 0.339 e. The first-order chi connectivity index (χ1) is 11.6. The molecule has 0 atom stereocenters. The zero-order chi connectivity index (χ0) is 16.8. The SMILES string of the molecule is Cc1cc(C(=O)O)c(O)cc1-c1nc2ccccc2n1C1COC1. The summed E-state index contributed by atoms with van der Waals surface area (Å²) in [6.45, 7) is 3.05. The third-order valence-electron chi connectivity index (χ3n) is 4.40. The number of aromatic carboxylic acids is 1. The van der Waals surface area contributed by atoms with Gasteiger partial charge in [0.15, 0.2) is 0 Å². The first-order valence-corrected chi connectivity index (χ1v) is 7.68. The molecule has 24 heavy (non-hydrogen) atoms. The molecule has 1 aromatic heterocycles. The Morgan fingerprint density at radius 3 is 2.71 bits per heavy atom. The number of fused-ring (bicyclic) bond motifs is 1. The number of ether oxygens (including phenoxy) is 1. The van der Waals surface area contributed by atoms with E-state index in [1.54, 1.807) is 0 Å². The van der Waals surface area contributed by atoms with Crippen LogP contribution in [0.1, 0.15) is 22.0 Å². The summed E-state index contributed by atoms with van der Waals surface area (Å²) in [6, 6.07) is 11.0. The number of hydrogen-bond donors (Lipinski definition) is 2. The van der Waals surface area contributed by atoms with Gasteiger partial charge in [-0.1, -0.05) is 12.1 Å². The lowest BCUT2D eigenvalue weighted by Gasteiger charge is -2.29. The Bertz CT molecular complexity index is 957. The molecule has 1 aliphatic heterocycles. The zero-order valence-electron chi connectivity index (χ0n) is 13.1. The molecular weight excluding hydrogens is 308 g/mol. The summed E-state index contributed by atoms with van der Waals surface area (Å²) in [7, 11) is 0. The zero-order valence-corrected chi connectivity index (χ0v) is 13.1. The maximum absolute atomic E-state index is 11.2. The van der Waals surface area contributed by atoms with Crippen LogP contribution in [0.25, 0.3) is 22.4 Å². The molecule has 0 amide bonds. The molecular formula is C18H16N2O4. The van der Waals surface area contributed by atoms with E-state index in [0.29, 0.717) is 19.0 Å². The molecule has 0 radical (unpaired) electrons. The van der Waals surface area contributed by atoms with Crippen LogP contribution in [0.5, 0.6) is 5.75 Å². The van der Waals surface area contributed by atoms with Gasteiger partial charge >= 0.3 is 5.97 Å². The van der Waals surface area contributed by atoms with Crippen molar-refractivity contribution >= 4 is 17.0 Å². The Morgan fingerprint density at radius 1 is 1.29 bits per heavy atom. The number of aromatic hydroxyl groups is 1. The van der Waals surface area contributed by atoms with E-state index in [9.17, 15) is 9.90 Å². The van der Waals surface area contributed by atoms with Crippen molar-refractivity contribution in [2.45, 2.75) is 13.0 Å². The van der Waals surface area contributed by atoms with Crippen LogP contribution in [0, 0.1) is 6.92 Å². The second kappa shape index (κ2) is 5.35. The van der Waals surface area contributed by atoms with Gasteiger partial charge in [-0.3, -0.25) is 0 Å². The lowest BCUT2D eigenvalue weighted by atomic mass is 10.0. The van der Waals surface area contributed by atoms with Crippen LogP contribution < -0.4 is 0 Å². The molecule has 2 aromatic carbocycles. The standard InChI is InChI=1S/C18H16N2O4/c1-10-6-13(18(22)23)16(21)7-12(10)17-19-14-4-2-3-5-15(14)20(17)11-8-24-9-11/h2-7,11,21H,8-9H2,1H3,(H,22,23). The van der Waals surface area contributed by atoms with Crippen LogP contribution >= 0.6 is 0 Å². The molecule has 4 rings (SSSR count). The summed E-state index contributed by atoms with van der Waals surface area (Å²) < 4.78 is 7.44. The van der Waals surface area contributed by atoms with E-state index >= 15 is 0 Å². The van der Waals surface area contributed by atoms with Crippen molar-refractivity contribution in [2.24, 2.45) is 0 Å². The van der Waals surface area contributed by atoms with Crippen molar-refractivity contribution in [2.75, 3.05) is 13.2 Å². The van der Waals surface area contributed by atoms with E-state index in [2.05, 4.69) is 4.57 Å². The fourth-order valence-electron chi connectivity index (χ4n) is 3.09. The van der Waals surface area contributed by atoms with Crippen LogP contribution in [-0.4, -0.2) is 38.9 Å². The van der Waals surface area contributed by atoms with Crippen molar-refractivity contribution < 1.29 is 19.7 Å². The summed E-state index contributed by atoms with van der Waals surface area (Å²) in [5.41, 5.74) is 3.23. The highest BCUT2D eigenvalue weighted by Crippen LogP contribution is 2.35. The van der Waals surface area contributed by atoms with Gasteiger partial charge in [-0.05, 0) is 36.8 Å². The molecule has 2 N–H and O–H groups in total. The number of benzene rings is 2. The third kappa shape index (κ3) is 2.15. The molecule has 3 aromatic rings. The Labute approximate surface area is 137 Å². The van der Waals surface area contributed by atoms with E-state index in [-0.39, 0.29) is 17.4 Å². The topological polar surface area (TPSA) is 84.6 Å². The summed E-state index contributed by atoms with van der Waals surface area (Å²) in [6.07, 6.45) is 0. The quantitative estimate of drug-likeness (QED) is 0.773. The molecule has 1 aliphatic rings. The van der Waals surface area contributed by atoms with Crippen LogP contribution in [0.2, 0.25) is 0 Å². The maximum atomic E-state index is 11.2. The fourth-order valence-corrected chi connectivity index (χ4v) is 3.09. The molecule has 0 spiro atoms. The monoisotopic (exact) mass is 324 g/mol. The molecule has 0 bridgehead atoms. The van der Waals surface area contributed by atoms with Gasteiger partial charge in [-0.25, -0.2) is 9.78 Å². The third-order valence-corrected chi connectivity index (χ3v) is 4.40. The largest absolute Gasteiger partial charge is 0.507 e. The van der Waals surface area contributed by atoms with Crippen LogP contribution in [0.3, 0.4) is 0 Å². The molecule has 1 saturated heterocycles. The lowest BCUT2D eigenvalue weighted by molar-refractivity contribution is -0.0209. The minimum Gasteiger partial charge on any atom is -0.507 e. The van der Waals surface area contributed by atoms with Crippen LogP contribution in [0.4, 0.5) is 0 Å². The summed E-state index contributed by atoms with van der Waals surface area (Å²) in [5.74, 6) is -0.691. The van der Waals surface area contributed by atoms with Crippen LogP contribution in [0.15, 0.2) is 36.4 Å². The van der Waals surface area contributed by atoms with Gasteiger partial charge in [0.05, 0.1) is 30.3 Å². The summed E-state index contributed by atoms with van der Waals surface area (Å²) >= 11 is 0. The molecule has 6 heteroatoms. The highest BCUT2D eigenvalue weighted by Gasteiger charge is 2.27. The number of carboxylic acid groups (broad SMARTS) is 1. The first kappa shape index (κ1) is 14.7. The molecule has 122 valence electrons. The van der Waals surface area contributed by atoms with Crippen molar-refractivity contribution in [1.82, 2.24) is 9.55 Å². The number of hydrogen-bond acceptors (Lipinski definition) is 4. The van der Waals surface area contributed by atoms with E-state index in [4.69, 9.17) is 14.8 Å². The van der Waals surface area contributed by atoms with Crippen molar-refractivity contribution in [3.05, 3.63) is 47.5 Å². The number of aryl methyl sites for hydroxylation is 1. The van der Waals surface area contributed by atoms with Gasteiger partial charge in [-0.2, -0.15) is 0 Å². The predicted octanol–water partition coefficient (Wildman–Crippen LogP) is 2.99. The number of nitrogens with zero attached hydrogens (tertiary/aromatic N) is 2. The number of imidazole rings is 1. The predicted molar refractivity (Wildman–Crippen MR) is 88.4 cm³/mol. The number of rotatable bonds is 3. The minimum absolute atomic E-state index is 0.106. The number of carboxylic acids is 1. The van der Waals surface area contributed by atoms with Crippen LogP contribution in [-0.2, 0) is 4.74 Å². The number of phenols is 1. The molecule has 0 saturated carbocycles.